The molecule has 0 fully saturated rings. The fourth-order valence-corrected chi connectivity index (χ4v) is 4.97. The number of allylic oxidation sites excluding steroid dienone is 1. The molecule has 2 unspecified atom stereocenters. The Bertz CT molecular complexity index is 686. The average molecular weight is 486 g/mol. The van der Waals surface area contributed by atoms with Crippen molar-refractivity contribution in [1.29, 1.82) is 0 Å². The van der Waals surface area contributed by atoms with Crippen molar-refractivity contribution in [2.45, 2.75) is 77.0 Å². The molecular weight excluding hydrogens is 446 g/mol. The molecule has 6 nitrogen and oxygen atoms in total. The summed E-state index contributed by atoms with van der Waals surface area (Å²) >= 11 is 0.660. The molecule has 0 saturated carbocycles. The Morgan fingerprint density at radius 3 is 2.62 bits per heavy atom. The molecule has 3 N–H and O–H groups in total. The van der Waals surface area contributed by atoms with Crippen LogP contribution >= 0.6 is 11.8 Å². The number of benzene rings is 1. The zero-order valence-electron chi connectivity index (χ0n) is 19.6. The van der Waals surface area contributed by atoms with E-state index in [9.17, 15) is 9.35 Å². The van der Waals surface area contributed by atoms with Crippen LogP contribution in [0.1, 0.15) is 64.9 Å². The van der Waals surface area contributed by atoms with Gasteiger partial charge < -0.3 is 24.9 Å². The van der Waals surface area contributed by atoms with Crippen molar-refractivity contribution in [3.05, 3.63) is 35.2 Å². The van der Waals surface area contributed by atoms with E-state index < -0.39 is 23.2 Å². The number of carbonyl (C=O) groups is 1. The van der Waals surface area contributed by atoms with Crippen LogP contribution < -0.4 is 15.2 Å². The SMILES string of the molecule is C/C=C\SC[C@H](N)C(=O)O.CCCCCCCC[S+]([O-])C(C)Cc1ccc2c(c1)OCO2. The number of unbranched alkanes of at least 4 members (excludes halogenated alkanes) is 5. The van der Waals surface area contributed by atoms with Gasteiger partial charge in [-0.05, 0) is 49.8 Å². The molecule has 1 aliphatic rings. The van der Waals surface area contributed by atoms with Crippen LogP contribution in [-0.4, -0.2) is 45.2 Å². The van der Waals surface area contributed by atoms with Gasteiger partial charge in [0.05, 0.1) is 0 Å². The van der Waals surface area contributed by atoms with Crippen molar-refractivity contribution in [1.82, 2.24) is 0 Å². The molecule has 0 spiro atoms. The van der Waals surface area contributed by atoms with E-state index in [1.165, 1.54) is 49.4 Å². The maximum Gasteiger partial charge on any atom is 0.321 e. The lowest BCUT2D eigenvalue weighted by molar-refractivity contribution is -0.137. The Balaban J connectivity index is 0.000000433. The van der Waals surface area contributed by atoms with Crippen molar-refractivity contribution < 1.29 is 23.9 Å². The summed E-state index contributed by atoms with van der Waals surface area (Å²) in [5.74, 6) is 1.94. The van der Waals surface area contributed by atoms with Crippen LogP contribution in [0, 0.1) is 0 Å². The molecule has 3 atom stereocenters. The maximum absolute atomic E-state index is 12.3. The summed E-state index contributed by atoms with van der Waals surface area (Å²) in [6.07, 6.45) is 10.2. The number of carboxylic acid groups (broad SMARTS) is 1. The summed E-state index contributed by atoms with van der Waals surface area (Å²) in [6, 6.07) is 5.26. The third-order valence-corrected chi connectivity index (χ3v) is 7.70. The lowest BCUT2D eigenvalue weighted by Crippen LogP contribution is -2.32. The van der Waals surface area contributed by atoms with E-state index in [1.807, 2.05) is 36.6 Å². The summed E-state index contributed by atoms with van der Waals surface area (Å²) in [5.41, 5.74) is 6.38. The summed E-state index contributed by atoms with van der Waals surface area (Å²) in [5, 5.41) is 10.3. The number of fused-ring (bicyclic) bond motifs is 1. The van der Waals surface area contributed by atoms with Crippen LogP contribution in [0.4, 0.5) is 0 Å². The first-order valence-electron chi connectivity index (χ1n) is 11.4. The normalized spacial score (nSPS) is 15.2. The van der Waals surface area contributed by atoms with Gasteiger partial charge in [0.15, 0.2) is 11.5 Å². The Kier molecular flexibility index (Phi) is 15.4. The maximum atomic E-state index is 12.3. The number of rotatable bonds is 14. The van der Waals surface area contributed by atoms with Gasteiger partial charge in [0.25, 0.3) is 0 Å². The first-order chi connectivity index (χ1) is 15.4. The number of thioether (sulfide) groups is 1. The summed E-state index contributed by atoms with van der Waals surface area (Å²) < 4.78 is 23.0. The molecule has 1 aromatic carbocycles. The molecule has 0 radical (unpaired) electrons. The highest BCUT2D eigenvalue weighted by molar-refractivity contribution is 8.02. The molecule has 1 aromatic rings. The van der Waals surface area contributed by atoms with Gasteiger partial charge in [-0.25, -0.2) is 0 Å². The molecule has 1 aliphatic heterocycles. The highest BCUT2D eigenvalue weighted by Crippen LogP contribution is 2.33. The van der Waals surface area contributed by atoms with Crippen LogP contribution in [0.3, 0.4) is 0 Å². The Hall–Kier alpha value is -1.35. The van der Waals surface area contributed by atoms with Crippen LogP contribution in [0.25, 0.3) is 0 Å². The summed E-state index contributed by atoms with van der Waals surface area (Å²) in [4.78, 5) is 10.1. The molecule has 182 valence electrons. The third-order valence-electron chi connectivity index (χ3n) is 4.93. The van der Waals surface area contributed by atoms with Crippen molar-refractivity contribution >= 4 is 28.9 Å². The van der Waals surface area contributed by atoms with Crippen molar-refractivity contribution in [2.24, 2.45) is 5.73 Å². The van der Waals surface area contributed by atoms with Crippen LogP contribution in [0.2, 0.25) is 0 Å². The Morgan fingerprint density at radius 1 is 1.25 bits per heavy atom. The highest BCUT2D eigenvalue weighted by atomic mass is 32.2. The van der Waals surface area contributed by atoms with E-state index in [0.29, 0.717) is 12.5 Å². The van der Waals surface area contributed by atoms with Gasteiger partial charge in [0, 0.05) is 12.2 Å². The van der Waals surface area contributed by atoms with Gasteiger partial charge in [-0.3, -0.25) is 4.79 Å². The number of hydrogen-bond donors (Lipinski definition) is 2. The second kappa shape index (κ2) is 17.2. The molecule has 0 amide bonds. The summed E-state index contributed by atoms with van der Waals surface area (Å²) in [6.45, 7) is 6.49. The standard InChI is InChI=1S/C18H28O3S.C6H11NO2S/c1-3-4-5-6-7-8-11-22(19)15(2)12-16-9-10-17-18(13-16)21-14-20-17;1-2-3-10-4-5(7)6(8)9/h9-10,13,15H,3-8,11-12,14H2,1-2H3;2-3,5H,4,7H2,1H3,(H,8,9)/b;3-2-/t;5-/m.0/s1. The predicted octanol–water partition coefficient (Wildman–Crippen LogP) is 5.12. The van der Waals surface area contributed by atoms with E-state index in [4.69, 9.17) is 20.3 Å². The minimum atomic E-state index is -0.947. The molecule has 0 saturated heterocycles. The third kappa shape index (κ3) is 12.0. The number of hydrogen-bond acceptors (Lipinski definition) is 6. The highest BCUT2D eigenvalue weighted by Gasteiger charge is 2.19. The van der Waals surface area contributed by atoms with Crippen LogP contribution in [-0.2, 0) is 22.4 Å². The fourth-order valence-electron chi connectivity index (χ4n) is 3.05. The molecule has 32 heavy (non-hydrogen) atoms. The zero-order chi connectivity index (χ0) is 23.8. The number of ether oxygens (including phenoxy) is 2. The Labute approximate surface area is 200 Å². The van der Waals surface area contributed by atoms with Crippen molar-refractivity contribution in [3.63, 3.8) is 0 Å². The molecule has 8 heteroatoms. The fraction of sp³-hybridized carbons (Fsp3) is 0.625. The minimum absolute atomic E-state index is 0.191. The van der Waals surface area contributed by atoms with Gasteiger partial charge in [-0.15, -0.1) is 11.8 Å². The second-order valence-electron chi connectivity index (χ2n) is 7.80. The second-order valence-corrected chi connectivity index (χ2v) is 10.7. The largest absolute Gasteiger partial charge is 0.616 e. The predicted molar refractivity (Wildman–Crippen MR) is 135 cm³/mol. The average Bonchev–Trinajstić information content (AvgIpc) is 3.24. The summed E-state index contributed by atoms with van der Waals surface area (Å²) in [7, 11) is 0. The van der Waals surface area contributed by atoms with Gasteiger partial charge in [0.2, 0.25) is 6.79 Å². The minimum Gasteiger partial charge on any atom is -0.616 e. The molecule has 0 bridgehead atoms. The quantitative estimate of drug-likeness (QED) is 0.278. The van der Waals surface area contributed by atoms with Gasteiger partial charge in [-0.2, -0.15) is 0 Å². The first-order valence-corrected chi connectivity index (χ1v) is 13.8. The van der Waals surface area contributed by atoms with Gasteiger partial charge >= 0.3 is 5.97 Å². The monoisotopic (exact) mass is 485 g/mol. The van der Waals surface area contributed by atoms with E-state index in [2.05, 4.69) is 13.8 Å². The van der Waals surface area contributed by atoms with Gasteiger partial charge in [-0.1, -0.05) is 55.9 Å². The lowest BCUT2D eigenvalue weighted by Gasteiger charge is -2.18. The lowest BCUT2D eigenvalue weighted by atomic mass is 10.1. The number of carboxylic acids is 1. The molecule has 0 aliphatic carbocycles. The topological polar surface area (TPSA) is 105 Å². The van der Waals surface area contributed by atoms with Crippen molar-refractivity contribution in [2.75, 3.05) is 18.3 Å². The van der Waals surface area contributed by atoms with E-state index >= 15 is 0 Å². The first kappa shape index (κ1) is 28.7. The smallest absolute Gasteiger partial charge is 0.321 e. The van der Waals surface area contributed by atoms with E-state index in [1.54, 1.807) is 0 Å². The molecular formula is C24H39NO5S2. The van der Waals surface area contributed by atoms with E-state index in [0.717, 1.165) is 30.1 Å². The van der Waals surface area contributed by atoms with E-state index in [-0.39, 0.29) is 5.25 Å². The van der Waals surface area contributed by atoms with Gasteiger partial charge in [0.1, 0.15) is 17.0 Å². The Morgan fingerprint density at radius 2 is 1.94 bits per heavy atom. The molecule has 2 rings (SSSR count). The number of aliphatic carboxylic acids is 1. The zero-order valence-corrected chi connectivity index (χ0v) is 21.2. The van der Waals surface area contributed by atoms with Crippen molar-refractivity contribution in [3.8, 4) is 11.5 Å². The number of nitrogens with two attached hydrogens (primary N) is 1. The molecule has 1 heterocycles. The van der Waals surface area contributed by atoms with Crippen LogP contribution in [0.5, 0.6) is 11.5 Å². The molecule has 0 aromatic heterocycles. The van der Waals surface area contributed by atoms with Crippen LogP contribution in [0.15, 0.2) is 29.7 Å².